The van der Waals surface area contributed by atoms with Crippen molar-refractivity contribution in [2.75, 3.05) is 6.61 Å². The Hall–Kier alpha value is -3.29. The van der Waals surface area contributed by atoms with Crippen molar-refractivity contribution in [3.05, 3.63) is 63.1 Å². The molecule has 1 amide bonds. The maximum atomic E-state index is 12.5. The van der Waals surface area contributed by atoms with Crippen LogP contribution >= 0.6 is 15.9 Å². The molecule has 0 aliphatic heterocycles. The average Bonchev–Trinajstić information content (AvgIpc) is 3.31. The predicted octanol–water partition coefficient (Wildman–Crippen LogP) is 5.26. The molecular weight excluding hydrogens is 470 g/mol. The van der Waals surface area contributed by atoms with E-state index in [0.717, 1.165) is 31.2 Å². The number of nitrogens with one attached hydrogen (secondary N) is 1. The molecule has 1 aliphatic carbocycles. The SMILES string of the molecule is CCOc1cc(/C=C(/C#N)C(=O)NC2CCCC2)c(Br)cc1OCc1ccccc1C#N. The number of nitrogens with zero attached hydrogens (tertiary/aromatic N) is 2. The summed E-state index contributed by atoms with van der Waals surface area (Å²) in [6, 6.07) is 15.0. The molecule has 1 saturated carbocycles. The Kier molecular flexibility index (Phi) is 8.30. The molecule has 2 aromatic carbocycles. The van der Waals surface area contributed by atoms with Gasteiger partial charge in [0.2, 0.25) is 0 Å². The smallest absolute Gasteiger partial charge is 0.262 e. The zero-order valence-electron chi connectivity index (χ0n) is 17.9. The summed E-state index contributed by atoms with van der Waals surface area (Å²) in [7, 11) is 0. The number of hydrogen-bond acceptors (Lipinski definition) is 5. The first-order chi connectivity index (χ1) is 15.5. The molecule has 0 spiro atoms. The van der Waals surface area contributed by atoms with Crippen LogP contribution in [-0.4, -0.2) is 18.6 Å². The second kappa shape index (κ2) is 11.4. The Morgan fingerprint density at radius 2 is 1.91 bits per heavy atom. The van der Waals surface area contributed by atoms with Crippen LogP contribution in [0.15, 0.2) is 46.4 Å². The van der Waals surface area contributed by atoms with Crippen LogP contribution in [-0.2, 0) is 11.4 Å². The number of benzene rings is 2. The maximum Gasteiger partial charge on any atom is 0.262 e. The summed E-state index contributed by atoms with van der Waals surface area (Å²) >= 11 is 3.51. The summed E-state index contributed by atoms with van der Waals surface area (Å²) in [6.45, 7) is 2.49. The predicted molar refractivity (Wildman–Crippen MR) is 125 cm³/mol. The van der Waals surface area contributed by atoms with Crippen molar-refractivity contribution in [3.8, 4) is 23.6 Å². The Balaban J connectivity index is 1.84. The van der Waals surface area contributed by atoms with Crippen LogP contribution < -0.4 is 14.8 Å². The van der Waals surface area contributed by atoms with Crippen molar-refractivity contribution in [1.82, 2.24) is 5.32 Å². The van der Waals surface area contributed by atoms with Gasteiger partial charge in [-0.25, -0.2) is 0 Å². The van der Waals surface area contributed by atoms with Crippen LogP contribution in [0.25, 0.3) is 6.08 Å². The molecular formula is C25H24BrN3O3. The normalized spacial score (nSPS) is 13.8. The fourth-order valence-corrected chi connectivity index (χ4v) is 4.03. The minimum absolute atomic E-state index is 0.0386. The fourth-order valence-electron chi connectivity index (χ4n) is 3.59. The summed E-state index contributed by atoms with van der Waals surface area (Å²) in [4.78, 5) is 12.5. The van der Waals surface area contributed by atoms with E-state index in [1.54, 1.807) is 30.3 Å². The molecule has 0 bridgehead atoms. The lowest BCUT2D eigenvalue weighted by Gasteiger charge is -2.15. The largest absolute Gasteiger partial charge is 0.490 e. The van der Waals surface area contributed by atoms with Crippen molar-refractivity contribution in [2.24, 2.45) is 0 Å². The summed E-state index contributed by atoms with van der Waals surface area (Å²) in [5, 5.41) is 21.7. The van der Waals surface area contributed by atoms with E-state index in [0.29, 0.717) is 33.7 Å². The zero-order valence-corrected chi connectivity index (χ0v) is 19.4. The van der Waals surface area contributed by atoms with E-state index in [-0.39, 0.29) is 24.1 Å². The van der Waals surface area contributed by atoms with E-state index in [1.807, 2.05) is 25.1 Å². The van der Waals surface area contributed by atoms with Gasteiger partial charge in [-0.3, -0.25) is 4.79 Å². The number of rotatable bonds is 8. The molecule has 7 heteroatoms. The Labute approximate surface area is 196 Å². The second-order valence-electron chi connectivity index (χ2n) is 7.44. The lowest BCUT2D eigenvalue weighted by atomic mass is 10.1. The third-order valence-corrected chi connectivity index (χ3v) is 5.93. The molecule has 1 fully saturated rings. The van der Waals surface area contributed by atoms with Crippen molar-refractivity contribution in [1.29, 1.82) is 10.5 Å². The van der Waals surface area contributed by atoms with Crippen LogP contribution in [0.4, 0.5) is 0 Å². The lowest BCUT2D eigenvalue weighted by Crippen LogP contribution is -2.33. The molecule has 0 atom stereocenters. The molecule has 0 unspecified atom stereocenters. The highest BCUT2D eigenvalue weighted by Gasteiger charge is 2.20. The second-order valence-corrected chi connectivity index (χ2v) is 8.29. The number of amides is 1. The summed E-state index contributed by atoms with van der Waals surface area (Å²) in [5.74, 6) is 0.625. The van der Waals surface area contributed by atoms with Crippen molar-refractivity contribution in [3.63, 3.8) is 0 Å². The average molecular weight is 494 g/mol. The number of hydrogen-bond donors (Lipinski definition) is 1. The van der Waals surface area contributed by atoms with Crippen LogP contribution in [0.1, 0.15) is 49.3 Å². The van der Waals surface area contributed by atoms with Gasteiger partial charge in [0.05, 0.1) is 18.2 Å². The number of ether oxygens (including phenoxy) is 2. The molecule has 2 aromatic rings. The van der Waals surface area contributed by atoms with Gasteiger partial charge in [-0.15, -0.1) is 0 Å². The van der Waals surface area contributed by atoms with E-state index in [1.165, 1.54) is 0 Å². The van der Waals surface area contributed by atoms with Gasteiger partial charge in [0.1, 0.15) is 18.2 Å². The van der Waals surface area contributed by atoms with Crippen molar-refractivity contribution in [2.45, 2.75) is 45.3 Å². The van der Waals surface area contributed by atoms with Crippen molar-refractivity contribution >= 4 is 27.9 Å². The number of carbonyl (C=O) groups excluding carboxylic acids is 1. The molecule has 0 radical (unpaired) electrons. The first kappa shape index (κ1) is 23.4. The molecule has 1 N–H and O–H groups in total. The minimum Gasteiger partial charge on any atom is -0.490 e. The molecule has 32 heavy (non-hydrogen) atoms. The van der Waals surface area contributed by atoms with Gasteiger partial charge < -0.3 is 14.8 Å². The minimum atomic E-state index is -0.363. The first-order valence-electron chi connectivity index (χ1n) is 10.6. The Morgan fingerprint density at radius 1 is 1.19 bits per heavy atom. The summed E-state index contributed by atoms with van der Waals surface area (Å²) < 4.78 is 12.3. The number of carbonyl (C=O) groups is 1. The van der Waals surface area contributed by atoms with E-state index in [2.05, 4.69) is 27.3 Å². The van der Waals surface area contributed by atoms with E-state index in [9.17, 15) is 15.3 Å². The number of nitriles is 2. The van der Waals surface area contributed by atoms with Gasteiger partial charge in [0, 0.05) is 16.1 Å². The highest BCUT2D eigenvalue weighted by atomic mass is 79.9. The quantitative estimate of drug-likeness (QED) is 0.399. The van der Waals surface area contributed by atoms with E-state index < -0.39 is 0 Å². The van der Waals surface area contributed by atoms with Gasteiger partial charge >= 0.3 is 0 Å². The third-order valence-electron chi connectivity index (χ3n) is 5.24. The van der Waals surface area contributed by atoms with E-state index >= 15 is 0 Å². The van der Waals surface area contributed by atoms with Gasteiger partial charge in [-0.05, 0) is 49.6 Å². The van der Waals surface area contributed by atoms with Crippen LogP contribution in [0.2, 0.25) is 0 Å². The zero-order chi connectivity index (χ0) is 22.9. The molecule has 0 saturated heterocycles. The Bertz CT molecular complexity index is 1090. The maximum absolute atomic E-state index is 12.5. The molecule has 0 aromatic heterocycles. The fraction of sp³-hybridized carbons (Fsp3) is 0.320. The van der Waals surface area contributed by atoms with Gasteiger partial charge in [0.25, 0.3) is 5.91 Å². The highest BCUT2D eigenvalue weighted by molar-refractivity contribution is 9.10. The monoisotopic (exact) mass is 493 g/mol. The summed E-state index contributed by atoms with van der Waals surface area (Å²) in [5.41, 5.74) is 2.00. The van der Waals surface area contributed by atoms with Gasteiger partial charge in [-0.1, -0.05) is 47.0 Å². The molecule has 164 valence electrons. The van der Waals surface area contributed by atoms with Crippen LogP contribution in [0.3, 0.4) is 0 Å². The van der Waals surface area contributed by atoms with Crippen molar-refractivity contribution < 1.29 is 14.3 Å². The summed E-state index contributed by atoms with van der Waals surface area (Å²) in [6.07, 6.45) is 5.64. The standard InChI is InChI=1S/C25H24BrN3O3/c1-2-31-23-12-19(11-20(15-28)25(30)29-21-9-5-6-10-21)22(26)13-24(23)32-16-18-8-4-3-7-17(18)14-27/h3-4,7-8,11-13,21H,2,5-6,9-10,16H2,1H3,(H,29,30)/b20-11-. The molecule has 0 heterocycles. The molecule has 1 aliphatic rings. The first-order valence-corrected chi connectivity index (χ1v) is 11.3. The van der Waals surface area contributed by atoms with Crippen LogP contribution in [0.5, 0.6) is 11.5 Å². The highest BCUT2D eigenvalue weighted by Crippen LogP contribution is 2.35. The topological polar surface area (TPSA) is 95.1 Å². The molecule has 6 nitrogen and oxygen atoms in total. The Morgan fingerprint density at radius 3 is 2.59 bits per heavy atom. The van der Waals surface area contributed by atoms with E-state index in [4.69, 9.17) is 9.47 Å². The lowest BCUT2D eigenvalue weighted by molar-refractivity contribution is -0.117. The molecule has 3 rings (SSSR count). The van der Waals surface area contributed by atoms with Gasteiger partial charge in [-0.2, -0.15) is 10.5 Å². The number of halogens is 1. The third kappa shape index (κ3) is 5.90. The van der Waals surface area contributed by atoms with Crippen LogP contribution in [0, 0.1) is 22.7 Å². The van der Waals surface area contributed by atoms with Gasteiger partial charge in [0.15, 0.2) is 11.5 Å².